The van der Waals surface area contributed by atoms with Crippen LogP contribution in [0, 0.1) is 0 Å². The molecule has 0 aliphatic heterocycles. The van der Waals surface area contributed by atoms with Crippen LogP contribution < -0.4 is 10.0 Å². The van der Waals surface area contributed by atoms with Gasteiger partial charge in [0.15, 0.2) is 0 Å². The third-order valence-corrected chi connectivity index (χ3v) is 4.11. The molecule has 0 amide bonds. The minimum atomic E-state index is -4.61. The summed E-state index contributed by atoms with van der Waals surface area (Å²) in [4.78, 5) is -0.299. The smallest absolute Gasteiger partial charge is 0.313 e. The minimum absolute atomic E-state index is 0.181. The van der Waals surface area contributed by atoms with Gasteiger partial charge in [0.25, 0.3) is 0 Å². The van der Waals surface area contributed by atoms with Crippen molar-refractivity contribution in [3.05, 3.63) is 28.8 Å². The van der Waals surface area contributed by atoms with Crippen molar-refractivity contribution in [2.24, 2.45) is 0 Å². The summed E-state index contributed by atoms with van der Waals surface area (Å²) in [5.41, 5.74) is 0.670. The van der Waals surface area contributed by atoms with Crippen LogP contribution in [0.1, 0.15) is 12.5 Å². The van der Waals surface area contributed by atoms with Gasteiger partial charge in [-0.15, -0.1) is 0 Å². The van der Waals surface area contributed by atoms with Gasteiger partial charge in [-0.2, -0.15) is 13.2 Å². The number of hydrogen-bond donors (Lipinski definition) is 2. The molecule has 20 heavy (non-hydrogen) atoms. The second kappa shape index (κ2) is 6.75. The van der Waals surface area contributed by atoms with E-state index in [1.165, 1.54) is 16.9 Å². The molecule has 9 heteroatoms. The zero-order valence-corrected chi connectivity index (χ0v) is 12.2. The second-order valence-electron chi connectivity index (χ2n) is 3.97. The molecule has 0 bridgehead atoms. The molecule has 0 unspecified atom stereocenters. The highest BCUT2D eigenvalue weighted by Crippen LogP contribution is 2.21. The fourth-order valence-corrected chi connectivity index (χ4v) is 2.71. The van der Waals surface area contributed by atoms with Gasteiger partial charge < -0.3 is 5.32 Å². The van der Waals surface area contributed by atoms with Crippen LogP contribution in [-0.2, 0) is 16.6 Å². The lowest BCUT2D eigenvalue weighted by atomic mass is 10.2. The quantitative estimate of drug-likeness (QED) is 0.841. The van der Waals surface area contributed by atoms with Crippen molar-refractivity contribution in [1.82, 2.24) is 10.0 Å². The van der Waals surface area contributed by atoms with Crippen molar-refractivity contribution in [3.8, 4) is 0 Å². The summed E-state index contributed by atoms with van der Waals surface area (Å²) >= 11 is 5.91. The van der Waals surface area contributed by atoms with E-state index in [-0.39, 0.29) is 9.92 Å². The molecule has 114 valence electrons. The highest BCUT2D eigenvalue weighted by molar-refractivity contribution is 7.89. The topological polar surface area (TPSA) is 58.2 Å². The Labute approximate surface area is 120 Å². The van der Waals surface area contributed by atoms with Crippen LogP contribution in [0.25, 0.3) is 0 Å². The first-order valence-electron chi connectivity index (χ1n) is 5.71. The summed E-state index contributed by atoms with van der Waals surface area (Å²) in [6.07, 6.45) is -4.61. The molecule has 0 saturated carbocycles. The summed E-state index contributed by atoms with van der Waals surface area (Å²) < 4.78 is 60.9. The third kappa shape index (κ3) is 5.28. The monoisotopic (exact) mass is 330 g/mol. The number of hydrogen-bond acceptors (Lipinski definition) is 3. The number of sulfonamides is 1. The fraction of sp³-hybridized carbons (Fsp3) is 0.455. The molecule has 0 aliphatic rings. The predicted molar refractivity (Wildman–Crippen MR) is 70.1 cm³/mol. The molecule has 4 nitrogen and oxygen atoms in total. The SMILES string of the molecule is CCNCc1ccc(S(=O)(=O)NCC(F)(F)F)cc1Cl. The summed E-state index contributed by atoms with van der Waals surface area (Å²) in [6, 6.07) is 3.82. The average molecular weight is 331 g/mol. The lowest BCUT2D eigenvalue weighted by Gasteiger charge is -2.11. The number of benzene rings is 1. The van der Waals surface area contributed by atoms with Crippen molar-refractivity contribution < 1.29 is 21.6 Å². The van der Waals surface area contributed by atoms with Crippen LogP contribution in [0.15, 0.2) is 23.1 Å². The Balaban J connectivity index is 2.88. The van der Waals surface area contributed by atoms with Crippen molar-refractivity contribution in [1.29, 1.82) is 0 Å². The van der Waals surface area contributed by atoms with Gasteiger partial charge in [0.2, 0.25) is 10.0 Å². The molecular weight excluding hydrogens is 317 g/mol. The number of halogens is 4. The zero-order chi connectivity index (χ0) is 15.4. The van der Waals surface area contributed by atoms with Gasteiger partial charge >= 0.3 is 6.18 Å². The normalized spacial score (nSPS) is 12.7. The summed E-state index contributed by atoms with van der Waals surface area (Å²) in [7, 11) is -4.23. The lowest BCUT2D eigenvalue weighted by molar-refractivity contribution is -0.121. The van der Waals surface area contributed by atoms with Gasteiger partial charge in [0.1, 0.15) is 6.54 Å². The standard InChI is InChI=1S/C11H14ClF3N2O2S/c1-2-16-6-8-3-4-9(5-10(8)12)20(18,19)17-7-11(13,14)15/h3-5,16-17H,2,6-7H2,1H3. The molecule has 0 spiro atoms. The zero-order valence-electron chi connectivity index (χ0n) is 10.6. The molecular formula is C11H14ClF3N2O2S. The van der Waals surface area contributed by atoms with E-state index in [2.05, 4.69) is 5.32 Å². The van der Waals surface area contributed by atoms with Crippen molar-refractivity contribution in [2.45, 2.75) is 24.5 Å². The Morgan fingerprint density at radius 1 is 1.30 bits per heavy atom. The molecule has 0 atom stereocenters. The van der Waals surface area contributed by atoms with Crippen LogP contribution in [0.3, 0.4) is 0 Å². The first kappa shape index (κ1) is 17.2. The number of rotatable bonds is 6. The molecule has 0 fully saturated rings. The summed E-state index contributed by atoms with van der Waals surface area (Å²) in [5, 5.41) is 3.19. The predicted octanol–water partition coefficient (Wildman–Crippen LogP) is 2.29. The fourth-order valence-electron chi connectivity index (χ4n) is 1.36. The molecule has 1 rings (SSSR count). The van der Waals surface area contributed by atoms with Crippen molar-refractivity contribution >= 4 is 21.6 Å². The lowest BCUT2D eigenvalue weighted by Crippen LogP contribution is -2.33. The van der Waals surface area contributed by atoms with E-state index in [9.17, 15) is 21.6 Å². The van der Waals surface area contributed by atoms with E-state index in [1.807, 2.05) is 6.92 Å². The van der Waals surface area contributed by atoms with Gasteiger partial charge in [-0.1, -0.05) is 24.6 Å². The van der Waals surface area contributed by atoms with E-state index in [0.717, 1.165) is 6.07 Å². The summed E-state index contributed by atoms with van der Waals surface area (Å²) in [5.74, 6) is 0. The highest BCUT2D eigenvalue weighted by Gasteiger charge is 2.30. The molecule has 1 aromatic carbocycles. The van der Waals surface area contributed by atoms with Crippen LogP contribution in [-0.4, -0.2) is 27.7 Å². The number of nitrogens with one attached hydrogen (secondary N) is 2. The van der Waals surface area contributed by atoms with E-state index in [1.54, 1.807) is 0 Å². The van der Waals surface area contributed by atoms with Crippen molar-refractivity contribution in [3.63, 3.8) is 0 Å². The maximum atomic E-state index is 12.0. The molecule has 0 aromatic heterocycles. The average Bonchev–Trinajstić information content (AvgIpc) is 2.34. The number of alkyl halides is 3. The molecule has 2 N–H and O–H groups in total. The Morgan fingerprint density at radius 2 is 1.95 bits per heavy atom. The van der Waals surface area contributed by atoms with Crippen molar-refractivity contribution in [2.75, 3.05) is 13.1 Å². The summed E-state index contributed by atoms with van der Waals surface area (Å²) in [6.45, 7) is 1.44. The van der Waals surface area contributed by atoms with E-state index < -0.39 is 22.7 Å². The molecule has 0 saturated heterocycles. The second-order valence-corrected chi connectivity index (χ2v) is 6.15. The first-order valence-corrected chi connectivity index (χ1v) is 7.57. The minimum Gasteiger partial charge on any atom is -0.313 e. The largest absolute Gasteiger partial charge is 0.402 e. The van der Waals surface area contributed by atoms with Crippen LogP contribution >= 0.6 is 11.6 Å². The van der Waals surface area contributed by atoms with Gasteiger partial charge in [-0.3, -0.25) is 0 Å². The molecule has 1 aromatic rings. The van der Waals surface area contributed by atoms with Gasteiger partial charge in [-0.25, -0.2) is 13.1 Å². The molecule has 0 heterocycles. The maximum Gasteiger partial charge on any atom is 0.402 e. The Kier molecular flexibility index (Phi) is 5.81. The molecule has 0 aliphatic carbocycles. The van der Waals surface area contributed by atoms with Crippen LogP contribution in [0.2, 0.25) is 5.02 Å². The Hall–Kier alpha value is -0.830. The van der Waals surface area contributed by atoms with Gasteiger partial charge in [-0.05, 0) is 24.2 Å². The van der Waals surface area contributed by atoms with Crippen LogP contribution in [0.4, 0.5) is 13.2 Å². The Bertz CT molecular complexity index is 561. The van der Waals surface area contributed by atoms with E-state index >= 15 is 0 Å². The maximum absolute atomic E-state index is 12.0. The first-order chi connectivity index (χ1) is 9.15. The van der Waals surface area contributed by atoms with E-state index in [0.29, 0.717) is 18.7 Å². The van der Waals surface area contributed by atoms with Crippen LogP contribution in [0.5, 0.6) is 0 Å². The Morgan fingerprint density at radius 3 is 2.45 bits per heavy atom. The van der Waals surface area contributed by atoms with E-state index in [4.69, 9.17) is 11.6 Å². The highest BCUT2D eigenvalue weighted by atomic mass is 35.5. The molecule has 0 radical (unpaired) electrons. The van der Waals surface area contributed by atoms with Gasteiger partial charge in [0.05, 0.1) is 4.90 Å². The van der Waals surface area contributed by atoms with Gasteiger partial charge in [0, 0.05) is 11.6 Å². The third-order valence-electron chi connectivity index (χ3n) is 2.36.